The largest absolute Gasteiger partial charge is 0.494 e. The van der Waals surface area contributed by atoms with Gasteiger partial charge in [0.15, 0.2) is 11.6 Å². The molecule has 2 aromatic rings. The molecular weight excluding hydrogens is 311 g/mol. The fourth-order valence-electron chi connectivity index (χ4n) is 2.30. The van der Waals surface area contributed by atoms with Gasteiger partial charge in [-0.3, -0.25) is 4.79 Å². The van der Waals surface area contributed by atoms with Crippen molar-refractivity contribution in [2.24, 2.45) is 0 Å². The standard InChI is InChI=1S/C18H21FN2O3/c1-12(13-6-7-16(19)17(11-13)24-2)21-15-5-3-4-14(10-15)18(23)20-8-9-22/h3-7,10-12,21-22H,8-9H2,1-2H3,(H,20,23). The third-order valence-electron chi connectivity index (χ3n) is 3.58. The van der Waals surface area contributed by atoms with Gasteiger partial charge < -0.3 is 20.5 Å². The van der Waals surface area contributed by atoms with E-state index in [2.05, 4.69) is 10.6 Å². The fraction of sp³-hybridized carbons (Fsp3) is 0.278. The molecule has 0 aliphatic heterocycles. The molecule has 0 heterocycles. The number of halogens is 1. The molecule has 0 saturated carbocycles. The van der Waals surface area contributed by atoms with Crippen LogP contribution in [-0.2, 0) is 0 Å². The first-order chi connectivity index (χ1) is 11.5. The van der Waals surface area contributed by atoms with Gasteiger partial charge in [0.2, 0.25) is 0 Å². The smallest absolute Gasteiger partial charge is 0.251 e. The second kappa shape index (κ2) is 8.31. The van der Waals surface area contributed by atoms with Crippen molar-refractivity contribution in [3.8, 4) is 5.75 Å². The molecule has 0 radical (unpaired) electrons. The highest BCUT2D eigenvalue weighted by Crippen LogP contribution is 2.25. The molecule has 2 rings (SSSR count). The van der Waals surface area contributed by atoms with E-state index >= 15 is 0 Å². The molecule has 0 aromatic heterocycles. The minimum Gasteiger partial charge on any atom is -0.494 e. The quantitative estimate of drug-likeness (QED) is 0.729. The molecule has 0 aliphatic carbocycles. The molecule has 0 spiro atoms. The summed E-state index contributed by atoms with van der Waals surface area (Å²) in [5.41, 5.74) is 2.13. The number of rotatable bonds is 7. The molecule has 1 unspecified atom stereocenters. The number of nitrogens with one attached hydrogen (secondary N) is 2. The summed E-state index contributed by atoms with van der Waals surface area (Å²) in [4.78, 5) is 11.9. The van der Waals surface area contributed by atoms with Crippen molar-refractivity contribution in [2.45, 2.75) is 13.0 Å². The van der Waals surface area contributed by atoms with E-state index in [-0.39, 0.29) is 30.9 Å². The van der Waals surface area contributed by atoms with E-state index in [4.69, 9.17) is 9.84 Å². The number of aliphatic hydroxyl groups excluding tert-OH is 1. The summed E-state index contributed by atoms with van der Waals surface area (Å²) >= 11 is 0. The minimum absolute atomic E-state index is 0.102. The second-order valence-electron chi connectivity index (χ2n) is 5.32. The number of anilines is 1. The van der Waals surface area contributed by atoms with Crippen LogP contribution in [0, 0.1) is 5.82 Å². The summed E-state index contributed by atoms with van der Waals surface area (Å²) in [6, 6.07) is 11.6. The lowest BCUT2D eigenvalue weighted by atomic mass is 10.1. The van der Waals surface area contributed by atoms with E-state index in [0.29, 0.717) is 5.56 Å². The summed E-state index contributed by atoms with van der Waals surface area (Å²) in [5, 5.41) is 14.6. The third-order valence-corrected chi connectivity index (χ3v) is 3.58. The molecule has 5 nitrogen and oxygen atoms in total. The SMILES string of the molecule is COc1cc(C(C)Nc2cccc(C(=O)NCCO)c2)ccc1F. The van der Waals surface area contributed by atoms with Crippen LogP contribution in [0.1, 0.15) is 28.9 Å². The summed E-state index contributed by atoms with van der Waals surface area (Å²) in [5.74, 6) is -0.460. The van der Waals surface area contributed by atoms with Gasteiger partial charge in [-0.15, -0.1) is 0 Å². The van der Waals surface area contributed by atoms with Crippen molar-refractivity contribution >= 4 is 11.6 Å². The zero-order chi connectivity index (χ0) is 17.5. The molecule has 6 heteroatoms. The summed E-state index contributed by atoms with van der Waals surface area (Å²) in [6.07, 6.45) is 0. The molecular formula is C18H21FN2O3. The van der Waals surface area contributed by atoms with Crippen LogP contribution in [0.4, 0.5) is 10.1 Å². The van der Waals surface area contributed by atoms with Crippen LogP contribution in [0.15, 0.2) is 42.5 Å². The predicted octanol–water partition coefficient (Wildman–Crippen LogP) is 2.73. The Morgan fingerprint density at radius 3 is 2.79 bits per heavy atom. The highest BCUT2D eigenvalue weighted by atomic mass is 19.1. The zero-order valence-corrected chi connectivity index (χ0v) is 13.7. The molecule has 2 aromatic carbocycles. The van der Waals surface area contributed by atoms with Gasteiger partial charge in [-0.1, -0.05) is 12.1 Å². The molecule has 0 bridgehead atoms. The molecule has 1 amide bonds. The number of aliphatic hydroxyl groups is 1. The Kier molecular flexibility index (Phi) is 6.14. The first kappa shape index (κ1) is 17.7. The maximum absolute atomic E-state index is 13.5. The number of carbonyl (C=O) groups excluding carboxylic acids is 1. The molecule has 3 N–H and O–H groups in total. The number of amides is 1. The molecule has 0 aliphatic rings. The Labute approximate surface area is 140 Å². The maximum Gasteiger partial charge on any atom is 0.251 e. The van der Waals surface area contributed by atoms with Crippen molar-refractivity contribution in [1.82, 2.24) is 5.32 Å². The van der Waals surface area contributed by atoms with Gasteiger partial charge in [0.05, 0.1) is 13.7 Å². The van der Waals surface area contributed by atoms with E-state index in [1.165, 1.54) is 13.2 Å². The lowest BCUT2D eigenvalue weighted by Crippen LogP contribution is -2.26. The first-order valence-electron chi connectivity index (χ1n) is 7.64. The van der Waals surface area contributed by atoms with Gasteiger partial charge in [0.25, 0.3) is 5.91 Å². The van der Waals surface area contributed by atoms with Crippen molar-refractivity contribution in [3.05, 3.63) is 59.4 Å². The van der Waals surface area contributed by atoms with Crippen LogP contribution in [0.3, 0.4) is 0 Å². The van der Waals surface area contributed by atoms with Gasteiger partial charge in [-0.2, -0.15) is 0 Å². The highest BCUT2D eigenvalue weighted by molar-refractivity contribution is 5.95. The Morgan fingerprint density at radius 1 is 1.29 bits per heavy atom. The number of hydrogen-bond donors (Lipinski definition) is 3. The normalized spacial score (nSPS) is 11.7. The zero-order valence-electron chi connectivity index (χ0n) is 13.7. The lowest BCUT2D eigenvalue weighted by Gasteiger charge is -2.17. The summed E-state index contributed by atoms with van der Waals surface area (Å²) < 4.78 is 18.5. The second-order valence-corrected chi connectivity index (χ2v) is 5.32. The fourth-order valence-corrected chi connectivity index (χ4v) is 2.30. The van der Waals surface area contributed by atoms with Crippen LogP contribution >= 0.6 is 0 Å². The van der Waals surface area contributed by atoms with Gasteiger partial charge in [-0.05, 0) is 42.8 Å². The number of benzene rings is 2. The van der Waals surface area contributed by atoms with E-state index in [0.717, 1.165) is 11.3 Å². The average molecular weight is 332 g/mol. The van der Waals surface area contributed by atoms with Crippen LogP contribution in [0.5, 0.6) is 5.75 Å². The van der Waals surface area contributed by atoms with E-state index < -0.39 is 5.82 Å². The van der Waals surface area contributed by atoms with Crippen LogP contribution in [0.2, 0.25) is 0 Å². The number of methoxy groups -OCH3 is 1. The Hall–Kier alpha value is -2.60. The molecule has 128 valence electrons. The Morgan fingerprint density at radius 2 is 2.08 bits per heavy atom. The van der Waals surface area contributed by atoms with Crippen molar-refractivity contribution < 1.29 is 19.0 Å². The van der Waals surface area contributed by atoms with E-state index in [9.17, 15) is 9.18 Å². The summed E-state index contributed by atoms with van der Waals surface area (Å²) in [6.45, 7) is 2.04. The van der Waals surface area contributed by atoms with Gasteiger partial charge >= 0.3 is 0 Å². The average Bonchev–Trinajstić information content (AvgIpc) is 2.60. The van der Waals surface area contributed by atoms with E-state index in [1.54, 1.807) is 30.3 Å². The van der Waals surface area contributed by atoms with E-state index in [1.807, 2.05) is 13.0 Å². The number of hydrogen-bond acceptors (Lipinski definition) is 4. The van der Waals surface area contributed by atoms with Crippen molar-refractivity contribution in [3.63, 3.8) is 0 Å². The molecule has 0 fully saturated rings. The van der Waals surface area contributed by atoms with Crippen LogP contribution in [0.25, 0.3) is 0 Å². The van der Waals surface area contributed by atoms with Crippen LogP contribution in [-0.4, -0.2) is 31.3 Å². The third kappa shape index (κ3) is 4.45. The first-order valence-corrected chi connectivity index (χ1v) is 7.64. The topological polar surface area (TPSA) is 70.6 Å². The van der Waals surface area contributed by atoms with Gasteiger partial charge in [0, 0.05) is 23.8 Å². The molecule has 0 saturated heterocycles. The highest BCUT2D eigenvalue weighted by Gasteiger charge is 2.11. The summed E-state index contributed by atoms with van der Waals surface area (Å²) in [7, 11) is 1.43. The minimum atomic E-state index is -0.406. The lowest BCUT2D eigenvalue weighted by molar-refractivity contribution is 0.0945. The molecule has 1 atom stereocenters. The Balaban J connectivity index is 2.11. The van der Waals surface area contributed by atoms with Gasteiger partial charge in [0.1, 0.15) is 0 Å². The van der Waals surface area contributed by atoms with Gasteiger partial charge in [-0.25, -0.2) is 4.39 Å². The van der Waals surface area contributed by atoms with Crippen molar-refractivity contribution in [2.75, 3.05) is 25.6 Å². The maximum atomic E-state index is 13.5. The monoisotopic (exact) mass is 332 g/mol. The Bertz CT molecular complexity index is 706. The van der Waals surface area contributed by atoms with Crippen molar-refractivity contribution in [1.29, 1.82) is 0 Å². The van der Waals surface area contributed by atoms with Crippen LogP contribution < -0.4 is 15.4 Å². The molecule has 24 heavy (non-hydrogen) atoms. The number of carbonyl (C=O) groups is 1. The predicted molar refractivity (Wildman–Crippen MR) is 90.9 cm³/mol. The number of ether oxygens (including phenoxy) is 1.